The maximum Gasteiger partial charge on any atom is 0.270 e. The van der Waals surface area contributed by atoms with Crippen molar-refractivity contribution in [2.75, 3.05) is 0 Å². The van der Waals surface area contributed by atoms with Gasteiger partial charge in [-0.05, 0) is 28.1 Å². The van der Waals surface area contributed by atoms with Gasteiger partial charge in [0, 0.05) is 39.5 Å². The molecule has 164 valence electrons. The number of nitro groups is 1. The molecule has 0 fully saturated rings. The van der Waals surface area contributed by atoms with Crippen molar-refractivity contribution < 1.29 is 10.0 Å². The topological polar surface area (TPSA) is 106 Å². The number of aromatic hydroxyl groups is 1. The zero-order valence-electron chi connectivity index (χ0n) is 16.8. The minimum absolute atomic E-state index is 0.0245. The number of hydrogen-bond donors (Lipinski definition) is 1. The van der Waals surface area contributed by atoms with Crippen LogP contribution in [0.1, 0.15) is 11.1 Å². The lowest BCUT2D eigenvalue weighted by Gasteiger charge is -2.02. The van der Waals surface area contributed by atoms with Crippen LogP contribution in [0.3, 0.4) is 0 Å². The van der Waals surface area contributed by atoms with E-state index in [1.807, 2.05) is 30.3 Å². The second-order valence-electron chi connectivity index (χ2n) is 6.82. The Morgan fingerprint density at radius 2 is 1.82 bits per heavy atom. The summed E-state index contributed by atoms with van der Waals surface area (Å²) in [7, 11) is 0. The van der Waals surface area contributed by atoms with Crippen LogP contribution in [0.4, 0.5) is 11.6 Å². The van der Waals surface area contributed by atoms with Gasteiger partial charge in [-0.2, -0.15) is 5.10 Å². The van der Waals surface area contributed by atoms with Crippen molar-refractivity contribution in [3.8, 4) is 17.0 Å². The van der Waals surface area contributed by atoms with E-state index in [1.54, 1.807) is 30.5 Å². The van der Waals surface area contributed by atoms with E-state index in [0.717, 1.165) is 10.0 Å². The summed E-state index contributed by atoms with van der Waals surface area (Å²) in [5.74, 6) is 0.314. The average Bonchev–Trinajstić information content (AvgIpc) is 3.23. The smallest absolute Gasteiger partial charge is 0.270 e. The highest BCUT2D eigenvalue weighted by Gasteiger charge is 2.10. The molecule has 4 rings (SSSR count). The third-order valence-electron chi connectivity index (χ3n) is 4.53. The lowest BCUT2D eigenvalue weighted by molar-refractivity contribution is -0.384. The van der Waals surface area contributed by atoms with E-state index in [9.17, 15) is 15.2 Å². The third kappa shape index (κ3) is 5.41. The monoisotopic (exact) mass is 567 g/mol. The number of halogens is 2. The summed E-state index contributed by atoms with van der Waals surface area (Å²) >= 11 is 6.70. The number of nitrogens with zero attached hydrogens (tertiary/aromatic N) is 5. The highest BCUT2D eigenvalue weighted by atomic mass is 79.9. The van der Waals surface area contributed by atoms with Crippen LogP contribution in [-0.2, 0) is 0 Å². The Labute approximate surface area is 205 Å². The van der Waals surface area contributed by atoms with Gasteiger partial charge in [-0.3, -0.25) is 10.1 Å². The van der Waals surface area contributed by atoms with Crippen molar-refractivity contribution in [1.82, 2.24) is 9.66 Å². The molecule has 4 aromatic rings. The van der Waals surface area contributed by atoms with Gasteiger partial charge >= 0.3 is 0 Å². The SMILES string of the molecule is O=[N+]([O-])c1cccc(/C=N/n2cc(-c3ccccc3)nc2N=Cc2cc(Br)cc(Br)c2O)c1. The molecule has 0 saturated carbocycles. The molecule has 0 atom stereocenters. The van der Waals surface area contributed by atoms with E-state index in [4.69, 9.17) is 0 Å². The Kier molecular flexibility index (Phi) is 6.76. The van der Waals surface area contributed by atoms with E-state index in [0.29, 0.717) is 21.3 Å². The Morgan fingerprint density at radius 1 is 1.03 bits per heavy atom. The van der Waals surface area contributed by atoms with Crippen LogP contribution >= 0.6 is 31.9 Å². The highest BCUT2D eigenvalue weighted by Crippen LogP contribution is 2.31. The van der Waals surface area contributed by atoms with Crippen LogP contribution < -0.4 is 0 Å². The predicted octanol–water partition coefficient (Wildman–Crippen LogP) is 6.32. The molecule has 0 spiro atoms. The van der Waals surface area contributed by atoms with Crippen molar-refractivity contribution in [2.24, 2.45) is 10.1 Å². The second kappa shape index (κ2) is 9.88. The number of rotatable bonds is 6. The molecule has 0 aliphatic carbocycles. The Morgan fingerprint density at radius 3 is 2.58 bits per heavy atom. The van der Waals surface area contributed by atoms with E-state index in [2.05, 4.69) is 46.9 Å². The van der Waals surface area contributed by atoms with Crippen molar-refractivity contribution in [3.05, 3.63) is 103 Å². The van der Waals surface area contributed by atoms with E-state index in [1.165, 1.54) is 29.2 Å². The Hall–Kier alpha value is -3.63. The van der Waals surface area contributed by atoms with Gasteiger partial charge in [0.05, 0.1) is 27.5 Å². The lowest BCUT2D eigenvalue weighted by atomic mass is 10.2. The van der Waals surface area contributed by atoms with Gasteiger partial charge in [-0.15, -0.1) is 0 Å². The summed E-state index contributed by atoms with van der Waals surface area (Å²) in [6, 6.07) is 19.2. The van der Waals surface area contributed by atoms with Crippen LogP contribution in [0, 0.1) is 10.1 Å². The number of hydrogen-bond acceptors (Lipinski definition) is 6. The molecule has 0 saturated heterocycles. The van der Waals surface area contributed by atoms with Crippen LogP contribution in [0.2, 0.25) is 0 Å². The fourth-order valence-electron chi connectivity index (χ4n) is 2.94. The molecule has 1 aromatic heterocycles. The summed E-state index contributed by atoms with van der Waals surface area (Å²) in [5.41, 5.74) is 2.55. The number of non-ortho nitro benzene ring substituents is 1. The predicted molar refractivity (Wildman–Crippen MR) is 135 cm³/mol. The number of aliphatic imine (C=N–C) groups is 1. The van der Waals surface area contributed by atoms with Crippen molar-refractivity contribution in [3.63, 3.8) is 0 Å². The minimum atomic E-state index is -0.458. The van der Waals surface area contributed by atoms with Crippen LogP contribution in [-0.4, -0.2) is 32.1 Å². The standard InChI is InChI=1S/C23H15Br2N5O3/c24-18-10-17(22(31)20(25)11-18)13-26-23-28-21(16-6-2-1-3-7-16)14-29(23)27-12-15-5-4-8-19(9-15)30(32)33/h1-14,31H/b26-13?,27-12+. The molecule has 10 heteroatoms. The van der Waals surface area contributed by atoms with Crippen LogP contribution in [0.25, 0.3) is 11.3 Å². The molecule has 1 heterocycles. The first-order chi connectivity index (χ1) is 15.9. The van der Waals surface area contributed by atoms with Gasteiger partial charge in [0.15, 0.2) is 0 Å². The van der Waals surface area contributed by atoms with Gasteiger partial charge < -0.3 is 5.11 Å². The molecule has 0 bridgehead atoms. The minimum Gasteiger partial charge on any atom is -0.506 e. The van der Waals surface area contributed by atoms with Crippen molar-refractivity contribution in [1.29, 1.82) is 0 Å². The molecule has 33 heavy (non-hydrogen) atoms. The zero-order valence-corrected chi connectivity index (χ0v) is 20.0. The Bertz CT molecular complexity index is 1380. The molecule has 0 aliphatic heterocycles. The summed E-state index contributed by atoms with van der Waals surface area (Å²) in [4.78, 5) is 19.6. The molecule has 1 N–H and O–H groups in total. The number of phenols is 1. The highest BCUT2D eigenvalue weighted by molar-refractivity contribution is 9.11. The van der Waals surface area contributed by atoms with Gasteiger partial charge in [-0.25, -0.2) is 14.7 Å². The van der Waals surface area contributed by atoms with Crippen molar-refractivity contribution >= 4 is 55.9 Å². The Balaban J connectivity index is 1.74. The number of aromatic nitrogens is 2. The largest absolute Gasteiger partial charge is 0.506 e. The quantitative estimate of drug-likeness (QED) is 0.167. The molecule has 0 amide bonds. The number of imidazole rings is 1. The van der Waals surface area contributed by atoms with Gasteiger partial charge in [0.25, 0.3) is 11.6 Å². The van der Waals surface area contributed by atoms with Crippen LogP contribution in [0.5, 0.6) is 5.75 Å². The summed E-state index contributed by atoms with van der Waals surface area (Å²) < 4.78 is 2.77. The van der Waals surface area contributed by atoms with Gasteiger partial charge in [-0.1, -0.05) is 58.4 Å². The van der Waals surface area contributed by atoms with E-state index >= 15 is 0 Å². The molecular weight excluding hydrogens is 554 g/mol. The maximum atomic E-state index is 11.0. The van der Waals surface area contributed by atoms with E-state index in [-0.39, 0.29) is 17.4 Å². The molecule has 0 unspecified atom stereocenters. The summed E-state index contributed by atoms with van der Waals surface area (Å²) in [6.45, 7) is 0. The first-order valence-electron chi connectivity index (χ1n) is 9.56. The molecular formula is C23H15Br2N5O3. The number of phenolic OH excluding ortho intramolecular Hbond substituents is 1. The van der Waals surface area contributed by atoms with Gasteiger partial charge in [0.1, 0.15) is 5.75 Å². The molecule has 3 aromatic carbocycles. The second-order valence-corrected chi connectivity index (χ2v) is 8.59. The van der Waals surface area contributed by atoms with Crippen molar-refractivity contribution in [2.45, 2.75) is 0 Å². The lowest BCUT2D eigenvalue weighted by Crippen LogP contribution is -1.92. The van der Waals surface area contributed by atoms with Crippen LogP contribution in [0.15, 0.2) is 92.0 Å². The summed E-state index contributed by atoms with van der Waals surface area (Å²) in [6.07, 6.45) is 4.70. The molecule has 8 nitrogen and oxygen atoms in total. The summed E-state index contributed by atoms with van der Waals surface area (Å²) in [5, 5.41) is 25.7. The number of nitro benzene ring substituents is 1. The average molecular weight is 569 g/mol. The zero-order chi connectivity index (χ0) is 23.4. The molecule has 0 radical (unpaired) electrons. The fourth-order valence-corrected chi connectivity index (χ4v) is 4.20. The fraction of sp³-hybridized carbons (Fsp3) is 0. The molecule has 0 aliphatic rings. The van der Waals surface area contributed by atoms with Gasteiger partial charge in [0.2, 0.25) is 0 Å². The first-order valence-corrected chi connectivity index (χ1v) is 11.1. The number of benzene rings is 3. The first kappa shape index (κ1) is 22.6. The van der Waals surface area contributed by atoms with E-state index < -0.39 is 4.92 Å². The normalized spacial score (nSPS) is 11.5. The third-order valence-corrected chi connectivity index (χ3v) is 5.59. The maximum absolute atomic E-state index is 11.0.